The zero-order valence-electron chi connectivity index (χ0n) is 8.70. The van der Waals surface area contributed by atoms with Gasteiger partial charge in [0.05, 0.1) is 0 Å². The first-order chi connectivity index (χ1) is 7.63. The third kappa shape index (κ3) is 4.00. The molecule has 16 heavy (non-hydrogen) atoms. The van der Waals surface area contributed by atoms with Gasteiger partial charge >= 0.3 is 0 Å². The summed E-state index contributed by atoms with van der Waals surface area (Å²) in [7, 11) is 0. The number of carbonyl (C=O) groups is 2. The first-order valence-corrected chi connectivity index (χ1v) is 5.29. The Morgan fingerprint density at radius 2 is 1.81 bits per heavy atom. The first kappa shape index (κ1) is 12.7. The van der Waals surface area contributed by atoms with Crippen molar-refractivity contribution in [2.45, 2.75) is 19.3 Å². The molecule has 0 aromatic heterocycles. The van der Waals surface area contributed by atoms with Crippen molar-refractivity contribution in [2.24, 2.45) is 5.84 Å². The Hall–Kier alpha value is -1.39. The van der Waals surface area contributed by atoms with E-state index in [2.05, 4.69) is 0 Å². The van der Waals surface area contributed by atoms with Gasteiger partial charge in [-0.1, -0.05) is 11.6 Å². The Morgan fingerprint density at radius 3 is 2.38 bits per heavy atom. The lowest BCUT2D eigenvalue weighted by molar-refractivity contribution is -0.121. The van der Waals surface area contributed by atoms with Gasteiger partial charge in [-0.2, -0.15) is 0 Å². The van der Waals surface area contributed by atoms with Gasteiger partial charge in [0, 0.05) is 23.4 Å². The summed E-state index contributed by atoms with van der Waals surface area (Å²) in [5, 5.41) is 0.596. The number of ketones is 1. The molecule has 0 fully saturated rings. The van der Waals surface area contributed by atoms with Crippen LogP contribution < -0.4 is 11.3 Å². The number of benzene rings is 1. The summed E-state index contributed by atoms with van der Waals surface area (Å²) in [5.74, 6) is 4.66. The molecule has 5 heteroatoms. The fourth-order valence-electron chi connectivity index (χ4n) is 1.26. The van der Waals surface area contributed by atoms with Gasteiger partial charge in [-0.25, -0.2) is 5.84 Å². The van der Waals surface area contributed by atoms with Crippen molar-refractivity contribution in [3.8, 4) is 0 Å². The zero-order valence-corrected chi connectivity index (χ0v) is 9.46. The Balaban J connectivity index is 2.41. The highest BCUT2D eigenvalue weighted by Gasteiger charge is 2.06. The van der Waals surface area contributed by atoms with E-state index >= 15 is 0 Å². The summed E-state index contributed by atoms with van der Waals surface area (Å²) in [6.45, 7) is 0. The maximum atomic E-state index is 11.6. The molecule has 0 aliphatic carbocycles. The van der Waals surface area contributed by atoms with Crippen molar-refractivity contribution in [2.75, 3.05) is 0 Å². The standard InChI is InChI=1S/C11H13ClN2O2/c12-9-6-4-8(5-7-9)10(15)2-1-3-11(16)14-13/h4-7H,1-3,13H2,(H,14,16). The number of nitrogens with two attached hydrogens (primary N) is 1. The Labute approximate surface area is 98.7 Å². The average Bonchev–Trinajstić information content (AvgIpc) is 2.29. The second-order valence-corrected chi connectivity index (χ2v) is 3.79. The van der Waals surface area contributed by atoms with Crippen LogP contribution in [0, 0.1) is 0 Å². The van der Waals surface area contributed by atoms with Crippen LogP contribution in [-0.2, 0) is 4.79 Å². The number of halogens is 1. The third-order valence-corrected chi connectivity index (χ3v) is 2.39. The van der Waals surface area contributed by atoms with E-state index in [1.165, 1.54) is 0 Å². The van der Waals surface area contributed by atoms with E-state index in [1.54, 1.807) is 24.3 Å². The zero-order chi connectivity index (χ0) is 12.0. The summed E-state index contributed by atoms with van der Waals surface area (Å²) in [4.78, 5) is 22.4. The van der Waals surface area contributed by atoms with Crippen molar-refractivity contribution in [3.05, 3.63) is 34.9 Å². The molecule has 1 amide bonds. The van der Waals surface area contributed by atoms with E-state index in [4.69, 9.17) is 17.4 Å². The molecule has 1 aromatic rings. The fraction of sp³-hybridized carbons (Fsp3) is 0.273. The molecule has 1 rings (SSSR count). The monoisotopic (exact) mass is 240 g/mol. The normalized spacial score (nSPS) is 9.88. The average molecular weight is 241 g/mol. The van der Waals surface area contributed by atoms with E-state index in [-0.39, 0.29) is 18.1 Å². The number of hydrazine groups is 1. The molecular formula is C11H13ClN2O2. The molecule has 0 radical (unpaired) electrons. The SMILES string of the molecule is NNC(=O)CCCC(=O)c1ccc(Cl)cc1. The summed E-state index contributed by atoms with van der Waals surface area (Å²) >= 11 is 5.70. The number of Topliss-reactive ketones (excluding diaryl/α,β-unsaturated/α-hetero) is 1. The highest BCUT2D eigenvalue weighted by Crippen LogP contribution is 2.12. The molecule has 0 saturated carbocycles. The molecule has 0 spiro atoms. The predicted octanol–water partition coefficient (Wildman–Crippen LogP) is 1.68. The maximum Gasteiger partial charge on any atom is 0.233 e. The van der Waals surface area contributed by atoms with Crippen LogP contribution in [0.3, 0.4) is 0 Å². The van der Waals surface area contributed by atoms with Gasteiger partial charge < -0.3 is 0 Å². The van der Waals surface area contributed by atoms with Gasteiger partial charge in [0.2, 0.25) is 5.91 Å². The minimum atomic E-state index is -0.260. The topological polar surface area (TPSA) is 72.2 Å². The highest BCUT2D eigenvalue weighted by atomic mass is 35.5. The lowest BCUT2D eigenvalue weighted by atomic mass is 10.1. The molecule has 0 saturated heterocycles. The second-order valence-electron chi connectivity index (χ2n) is 3.35. The van der Waals surface area contributed by atoms with Crippen LogP contribution in [0.5, 0.6) is 0 Å². The summed E-state index contributed by atoms with van der Waals surface area (Å²) in [6.07, 6.45) is 1.08. The van der Waals surface area contributed by atoms with E-state index in [1.807, 2.05) is 5.43 Å². The van der Waals surface area contributed by atoms with Gasteiger partial charge in [0.15, 0.2) is 5.78 Å². The summed E-state index contributed by atoms with van der Waals surface area (Å²) < 4.78 is 0. The quantitative estimate of drug-likeness (QED) is 0.356. The van der Waals surface area contributed by atoms with Crippen LogP contribution in [0.4, 0.5) is 0 Å². The van der Waals surface area contributed by atoms with E-state index in [0.29, 0.717) is 23.4 Å². The molecule has 0 aliphatic heterocycles. The van der Waals surface area contributed by atoms with Crippen LogP contribution in [-0.4, -0.2) is 11.7 Å². The molecule has 0 unspecified atom stereocenters. The van der Waals surface area contributed by atoms with Crippen molar-refractivity contribution in [3.63, 3.8) is 0 Å². The third-order valence-electron chi connectivity index (χ3n) is 2.13. The second kappa shape index (κ2) is 6.25. The van der Waals surface area contributed by atoms with Gasteiger partial charge in [-0.3, -0.25) is 15.0 Å². The molecule has 0 heterocycles. The Morgan fingerprint density at radius 1 is 1.19 bits per heavy atom. The van der Waals surface area contributed by atoms with Crippen LogP contribution in [0.1, 0.15) is 29.6 Å². The highest BCUT2D eigenvalue weighted by molar-refractivity contribution is 6.30. The number of rotatable bonds is 5. The summed E-state index contributed by atoms with van der Waals surface area (Å²) in [5.41, 5.74) is 2.63. The van der Waals surface area contributed by atoms with Crippen molar-refractivity contribution in [1.82, 2.24) is 5.43 Å². The van der Waals surface area contributed by atoms with E-state index in [9.17, 15) is 9.59 Å². The summed E-state index contributed by atoms with van der Waals surface area (Å²) in [6, 6.07) is 6.68. The van der Waals surface area contributed by atoms with Crippen LogP contribution in [0.25, 0.3) is 0 Å². The lowest BCUT2D eigenvalue weighted by Crippen LogP contribution is -2.29. The molecule has 86 valence electrons. The lowest BCUT2D eigenvalue weighted by Gasteiger charge is -2.01. The molecule has 0 aliphatic rings. The minimum Gasteiger partial charge on any atom is -0.294 e. The number of carbonyl (C=O) groups excluding carboxylic acids is 2. The van der Waals surface area contributed by atoms with Gasteiger partial charge in [-0.15, -0.1) is 0 Å². The largest absolute Gasteiger partial charge is 0.294 e. The molecule has 4 nitrogen and oxygen atoms in total. The Kier molecular flexibility index (Phi) is 4.95. The maximum absolute atomic E-state index is 11.6. The van der Waals surface area contributed by atoms with Crippen molar-refractivity contribution >= 4 is 23.3 Å². The van der Waals surface area contributed by atoms with E-state index < -0.39 is 0 Å². The van der Waals surface area contributed by atoms with Crippen LogP contribution in [0.2, 0.25) is 5.02 Å². The smallest absolute Gasteiger partial charge is 0.233 e. The van der Waals surface area contributed by atoms with Gasteiger partial charge in [0.1, 0.15) is 0 Å². The number of nitrogens with one attached hydrogen (secondary N) is 1. The van der Waals surface area contributed by atoms with Crippen molar-refractivity contribution in [1.29, 1.82) is 0 Å². The number of hydrogen-bond donors (Lipinski definition) is 2. The van der Waals surface area contributed by atoms with E-state index in [0.717, 1.165) is 0 Å². The predicted molar refractivity (Wildman–Crippen MR) is 62.0 cm³/mol. The molecule has 0 bridgehead atoms. The molecule has 3 N–H and O–H groups in total. The van der Waals surface area contributed by atoms with Crippen LogP contribution >= 0.6 is 11.6 Å². The van der Waals surface area contributed by atoms with Crippen LogP contribution in [0.15, 0.2) is 24.3 Å². The first-order valence-electron chi connectivity index (χ1n) is 4.91. The molecular weight excluding hydrogens is 228 g/mol. The van der Waals surface area contributed by atoms with Crippen molar-refractivity contribution < 1.29 is 9.59 Å². The van der Waals surface area contributed by atoms with Gasteiger partial charge in [-0.05, 0) is 30.7 Å². The Bertz CT molecular complexity index is 376. The molecule has 0 atom stereocenters. The minimum absolute atomic E-state index is 0.00138. The fourth-order valence-corrected chi connectivity index (χ4v) is 1.39. The number of hydrogen-bond acceptors (Lipinski definition) is 3. The number of amides is 1. The van der Waals surface area contributed by atoms with Gasteiger partial charge in [0.25, 0.3) is 0 Å². The molecule has 1 aromatic carbocycles.